The van der Waals surface area contributed by atoms with Gasteiger partial charge in [0.15, 0.2) is 0 Å². The number of hydrogen-bond acceptors (Lipinski definition) is 8. The number of carbonyl (C=O) groups is 3. The number of methoxy groups -OCH3 is 1. The van der Waals surface area contributed by atoms with Crippen molar-refractivity contribution < 1.29 is 36.7 Å². The molecular formula is C28H29N3O8S. The highest BCUT2D eigenvalue weighted by Crippen LogP contribution is 2.32. The van der Waals surface area contributed by atoms with Crippen LogP contribution in [0, 0.1) is 0 Å². The van der Waals surface area contributed by atoms with Gasteiger partial charge in [0.05, 0.1) is 31.6 Å². The fourth-order valence-electron chi connectivity index (χ4n) is 4.90. The molecule has 3 aromatic rings. The Morgan fingerprint density at radius 3 is 2.67 bits per heavy atom. The lowest BCUT2D eigenvalue weighted by atomic mass is 10.0. The number of sulfonamides is 1. The van der Waals surface area contributed by atoms with Crippen molar-refractivity contribution in [3.8, 4) is 5.75 Å². The van der Waals surface area contributed by atoms with Gasteiger partial charge in [-0.3, -0.25) is 14.4 Å². The van der Waals surface area contributed by atoms with Crippen LogP contribution in [0.15, 0.2) is 76.2 Å². The third-order valence-electron chi connectivity index (χ3n) is 6.92. The Balaban J connectivity index is 1.50. The minimum absolute atomic E-state index is 0.00784. The van der Waals surface area contributed by atoms with Crippen LogP contribution < -0.4 is 10.1 Å². The third-order valence-corrected chi connectivity index (χ3v) is 8.70. The average Bonchev–Trinajstić information content (AvgIpc) is 3.71. The number of furan rings is 1. The normalized spacial score (nSPS) is 18.3. The van der Waals surface area contributed by atoms with Crippen LogP contribution in [0.4, 0.5) is 0 Å². The van der Waals surface area contributed by atoms with Gasteiger partial charge in [0.25, 0.3) is 15.9 Å². The molecule has 0 saturated carbocycles. The lowest BCUT2D eigenvalue weighted by Crippen LogP contribution is -2.48. The molecule has 210 valence electrons. The van der Waals surface area contributed by atoms with E-state index in [1.807, 2.05) is 0 Å². The molecular weight excluding hydrogens is 538 g/mol. The molecule has 0 aliphatic carbocycles. The number of nitrogens with zero attached hydrogens (tertiary/aromatic N) is 2. The quantitative estimate of drug-likeness (QED) is 0.395. The van der Waals surface area contributed by atoms with Gasteiger partial charge < -0.3 is 24.1 Å². The predicted octanol–water partition coefficient (Wildman–Crippen LogP) is 2.50. The van der Waals surface area contributed by atoms with E-state index in [0.29, 0.717) is 28.0 Å². The van der Waals surface area contributed by atoms with Gasteiger partial charge in [0.1, 0.15) is 29.0 Å². The van der Waals surface area contributed by atoms with Crippen molar-refractivity contribution in [1.82, 2.24) is 14.5 Å². The molecule has 0 spiro atoms. The number of amides is 3. The van der Waals surface area contributed by atoms with Crippen molar-refractivity contribution in [2.75, 3.05) is 26.8 Å². The van der Waals surface area contributed by atoms with Crippen LogP contribution in [0.2, 0.25) is 0 Å². The number of rotatable bonds is 10. The van der Waals surface area contributed by atoms with Crippen LogP contribution in [0.25, 0.3) is 0 Å². The highest BCUT2D eigenvalue weighted by Gasteiger charge is 2.43. The summed E-state index contributed by atoms with van der Waals surface area (Å²) in [6, 6.07) is 14.6. The van der Waals surface area contributed by atoms with E-state index in [2.05, 4.69) is 5.32 Å². The van der Waals surface area contributed by atoms with Gasteiger partial charge in [-0.2, -0.15) is 0 Å². The first-order valence-corrected chi connectivity index (χ1v) is 14.2. The molecule has 1 aromatic heterocycles. The van der Waals surface area contributed by atoms with Gasteiger partial charge >= 0.3 is 0 Å². The van der Waals surface area contributed by atoms with Crippen molar-refractivity contribution in [3.05, 3.63) is 83.8 Å². The molecule has 3 amide bonds. The fraction of sp³-hybridized carbons (Fsp3) is 0.321. The SMILES string of the molecule is COc1cccc([C@@H](C(=O)NC[C@@H]2CCCO2)N(Cc2ccco2)C(=O)CN2C(=O)c3ccccc3S2(=O)=O)c1. The van der Waals surface area contributed by atoms with E-state index in [0.717, 1.165) is 12.8 Å². The van der Waals surface area contributed by atoms with Gasteiger partial charge in [-0.25, -0.2) is 12.7 Å². The second-order valence-corrected chi connectivity index (χ2v) is 11.3. The number of nitrogens with one attached hydrogen (secondary N) is 1. The molecule has 2 atom stereocenters. The Bertz CT molecular complexity index is 1500. The second kappa shape index (κ2) is 11.5. The fourth-order valence-corrected chi connectivity index (χ4v) is 6.41. The topological polar surface area (TPSA) is 135 Å². The van der Waals surface area contributed by atoms with Gasteiger partial charge in [0, 0.05) is 13.2 Å². The first-order valence-electron chi connectivity index (χ1n) is 12.8. The van der Waals surface area contributed by atoms with Gasteiger partial charge in [-0.05, 0) is 54.8 Å². The van der Waals surface area contributed by atoms with E-state index in [9.17, 15) is 22.8 Å². The van der Waals surface area contributed by atoms with Gasteiger partial charge in [-0.1, -0.05) is 24.3 Å². The number of hydrogen-bond donors (Lipinski definition) is 1. The van der Waals surface area contributed by atoms with Crippen molar-refractivity contribution >= 4 is 27.7 Å². The number of fused-ring (bicyclic) bond motifs is 1. The maximum atomic E-state index is 13.9. The number of carbonyl (C=O) groups excluding carboxylic acids is 3. The molecule has 1 fully saturated rings. The summed E-state index contributed by atoms with van der Waals surface area (Å²) in [6.07, 6.45) is 2.98. The Morgan fingerprint density at radius 2 is 1.98 bits per heavy atom. The summed E-state index contributed by atoms with van der Waals surface area (Å²) >= 11 is 0. The average molecular weight is 568 g/mol. The Kier molecular flexibility index (Phi) is 7.90. The Hall–Kier alpha value is -4.16. The Labute approximate surface area is 231 Å². The van der Waals surface area contributed by atoms with E-state index in [4.69, 9.17) is 13.9 Å². The molecule has 2 aliphatic rings. The van der Waals surface area contributed by atoms with Crippen LogP contribution in [0.5, 0.6) is 5.75 Å². The summed E-state index contributed by atoms with van der Waals surface area (Å²) in [5.41, 5.74) is 0.425. The molecule has 12 heteroatoms. The maximum absolute atomic E-state index is 13.9. The smallest absolute Gasteiger partial charge is 0.269 e. The first-order chi connectivity index (χ1) is 19.3. The van der Waals surface area contributed by atoms with Crippen molar-refractivity contribution in [3.63, 3.8) is 0 Å². The third kappa shape index (κ3) is 5.45. The molecule has 0 radical (unpaired) electrons. The van der Waals surface area contributed by atoms with Crippen LogP contribution in [-0.2, 0) is 30.9 Å². The minimum Gasteiger partial charge on any atom is -0.497 e. The molecule has 1 N–H and O–H groups in total. The van der Waals surface area contributed by atoms with Gasteiger partial charge in [-0.15, -0.1) is 0 Å². The molecule has 2 aliphatic heterocycles. The van der Waals surface area contributed by atoms with Gasteiger partial charge in [0.2, 0.25) is 11.8 Å². The highest BCUT2D eigenvalue weighted by molar-refractivity contribution is 7.90. The first kappa shape index (κ1) is 27.4. The van der Waals surface area contributed by atoms with E-state index < -0.39 is 40.3 Å². The van der Waals surface area contributed by atoms with Crippen molar-refractivity contribution in [2.24, 2.45) is 0 Å². The van der Waals surface area contributed by atoms with Crippen molar-refractivity contribution in [2.45, 2.75) is 36.4 Å². The van der Waals surface area contributed by atoms with E-state index in [1.54, 1.807) is 42.5 Å². The zero-order chi connectivity index (χ0) is 28.3. The zero-order valence-electron chi connectivity index (χ0n) is 21.8. The van der Waals surface area contributed by atoms with Crippen LogP contribution >= 0.6 is 0 Å². The van der Waals surface area contributed by atoms with Crippen LogP contribution in [0.1, 0.15) is 40.6 Å². The van der Waals surface area contributed by atoms with Crippen LogP contribution in [0.3, 0.4) is 0 Å². The molecule has 40 heavy (non-hydrogen) atoms. The summed E-state index contributed by atoms with van der Waals surface area (Å²) in [5.74, 6) is -1.23. The zero-order valence-corrected chi connectivity index (χ0v) is 22.6. The minimum atomic E-state index is -4.25. The standard InChI is InChI=1S/C28H29N3O8S/c1-37-20-8-4-7-19(15-20)26(27(33)29-16-21-9-5-13-38-21)30(17-22-10-6-14-39-22)25(32)18-31-28(34)23-11-2-3-12-24(23)40(31,35)36/h2-4,6-8,10-12,14-15,21,26H,5,9,13,16-18H2,1H3,(H,29,33)/t21-,26-/m0/s1. The number of ether oxygens (including phenoxy) is 2. The summed E-state index contributed by atoms with van der Waals surface area (Å²) in [6.45, 7) is -0.0911. The molecule has 1 saturated heterocycles. The van der Waals surface area contributed by atoms with E-state index >= 15 is 0 Å². The summed E-state index contributed by atoms with van der Waals surface area (Å²) < 4.78 is 43.4. The molecule has 2 aromatic carbocycles. The lowest BCUT2D eigenvalue weighted by Gasteiger charge is -2.32. The van der Waals surface area contributed by atoms with Crippen LogP contribution in [-0.4, -0.2) is 68.3 Å². The molecule has 5 rings (SSSR count). The summed E-state index contributed by atoms with van der Waals surface area (Å²) in [5, 5.41) is 2.88. The van der Waals surface area contributed by atoms with Crippen molar-refractivity contribution in [1.29, 1.82) is 0 Å². The molecule has 11 nitrogen and oxygen atoms in total. The Morgan fingerprint density at radius 1 is 1.15 bits per heavy atom. The maximum Gasteiger partial charge on any atom is 0.269 e. The predicted molar refractivity (Wildman–Crippen MR) is 142 cm³/mol. The molecule has 0 bridgehead atoms. The highest BCUT2D eigenvalue weighted by atomic mass is 32.2. The van der Waals surface area contributed by atoms with E-state index in [1.165, 1.54) is 36.5 Å². The number of benzene rings is 2. The summed E-state index contributed by atoms with van der Waals surface area (Å²) in [4.78, 5) is 41.8. The monoisotopic (exact) mass is 567 g/mol. The second-order valence-electron chi connectivity index (χ2n) is 9.47. The largest absolute Gasteiger partial charge is 0.497 e. The van der Waals surface area contributed by atoms with E-state index in [-0.39, 0.29) is 29.7 Å². The molecule has 0 unspecified atom stereocenters. The lowest BCUT2D eigenvalue weighted by molar-refractivity contribution is -0.142. The summed E-state index contributed by atoms with van der Waals surface area (Å²) in [7, 11) is -2.77. The molecule has 3 heterocycles.